The van der Waals surface area contributed by atoms with Gasteiger partial charge in [-0.1, -0.05) is 12.1 Å². The van der Waals surface area contributed by atoms with E-state index in [9.17, 15) is 29.8 Å². The van der Waals surface area contributed by atoms with Crippen LogP contribution in [0.15, 0.2) is 36.4 Å². The molecule has 3 rings (SSSR count). The first-order valence-electron chi connectivity index (χ1n) is 6.74. The van der Waals surface area contributed by atoms with E-state index in [4.69, 9.17) is 0 Å². The number of non-ortho nitro benzene ring substituents is 1. The van der Waals surface area contributed by atoms with Gasteiger partial charge in [-0.2, -0.15) is 0 Å². The molecule has 2 amide bonds. The largest absolute Gasteiger partial charge is 0.283 e. The Hall–Kier alpha value is -3.62. The van der Waals surface area contributed by atoms with Gasteiger partial charge in [-0.25, -0.2) is 4.90 Å². The number of nitro benzene ring substituents is 2. The summed E-state index contributed by atoms with van der Waals surface area (Å²) in [5, 5.41) is 22.0. The number of carbonyl (C=O) groups excluding carboxylic acids is 2. The topological polar surface area (TPSA) is 124 Å². The molecule has 1 aliphatic heterocycles. The molecule has 24 heavy (non-hydrogen) atoms. The van der Waals surface area contributed by atoms with Gasteiger partial charge in [-0.3, -0.25) is 29.8 Å². The van der Waals surface area contributed by atoms with E-state index in [1.807, 2.05) is 0 Å². The summed E-state index contributed by atoms with van der Waals surface area (Å²) in [5.74, 6) is -1.62. The zero-order chi connectivity index (χ0) is 17.6. The molecule has 1 heterocycles. The van der Waals surface area contributed by atoms with Crippen LogP contribution in [0.2, 0.25) is 0 Å². The summed E-state index contributed by atoms with van der Waals surface area (Å²) in [5.41, 5.74) is -0.681. The highest BCUT2D eigenvalue weighted by Crippen LogP contribution is 2.36. The monoisotopic (exact) mass is 327 g/mol. The molecular weight excluding hydrogens is 318 g/mol. The SMILES string of the molecule is Cc1ccc([N+](=O)[O-])cc1N1C(=O)c2cccc([N+](=O)[O-])c2C1=O. The van der Waals surface area contributed by atoms with E-state index in [-0.39, 0.29) is 22.5 Å². The first-order chi connectivity index (χ1) is 11.3. The number of rotatable bonds is 3. The first kappa shape index (κ1) is 15.3. The molecule has 120 valence electrons. The number of benzene rings is 2. The predicted molar refractivity (Wildman–Crippen MR) is 82.1 cm³/mol. The van der Waals surface area contributed by atoms with Gasteiger partial charge in [-0.15, -0.1) is 0 Å². The van der Waals surface area contributed by atoms with Gasteiger partial charge in [0.15, 0.2) is 0 Å². The first-order valence-corrected chi connectivity index (χ1v) is 6.74. The van der Waals surface area contributed by atoms with Crippen LogP contribution in [0.1, 0.15) is 26.3 Å². The molecule has 0 spiro atoms. The summed E-state index contributed by atoms with van der Waals surface area (Å²) in [7, 11) is 0. The number of nitrogens with zero attached hydrogens (tertiary/aromatic N) is 3. The van der Waals surface area contributed by atoms with Crippen molar-refractivity contribution in [3.8, 4) is 0 Å². The molecule has 9 heteroatoms. The van der Waals surface area contributed by atoms with E-state index in [0.717, 1.165) is 17.0 Å². The van der Waals surface area contributed by atoms with E-state index < -0.39 is 27.3 Å². The zero-order valence-electron chi connectivity index (χ0n) is 12.3. The van der Waals surface area contributed by atoms with Gasteiger partial charge in [0.2, 0.25) is 0 Å². The molecule has 0 aromatic heterocycles. The lowest BCUT2D eigenvalue weighted by Crippen LogP contribution is -2.30. The number of fused-ring (bicyclic) bond motifs is 1. The molecule has 0 bridgehead atoms. The highest BCUT2D eigenvalue weighted by Gasteiger charge is 2.42. The van der Waals surface area contributed by atoms with E-state index in [0.29, 0.717) is 5.56 Å². The molecule has 0 saturated carbocycles. The Kier molecular flexibility index (Phi) is 3.33. The molecule has 2 aromatic carbocycles. The van der Waals surface area contributed by atoms with E-state index in [2.05, 4.69) is 0 Å². The van der Waals surface area contributed by atoms with Crippen LogP contribution in [0.3, 0.4) is 0 Å². The second-order valence-electron chi connectivity index (χ2n) is 5.13. The van der Waals surface area contributed by atoms with Crippen LogP contribution in [0.4, 0.5) is 17.1 Å². The van der Waals surface area contributed by atoms with Crippen LogP contribution in [-0.4, -0.2) is 21.7 Å². The Labute approximate surface area is 134 Å². The van der Waals surface area contributed by atoms with Gasteiger partial charge in [0.25, 0.3) is 23.2 Å². The van der Waals surface area contributed by atoms with Crippen molar-refractivity contribution in [2.75, 3.05) is 4.90 Å². The van der Waals surface area contributed by atoms with Crippen molar-refractivity contribution in [1.82, 2.24) is 0 Å². The Balaban J connectivity index is 2.19. The molecule has 0 saturated heterocycles. The lowest BCUT2D eigenvalue weighted by molar-refractivity contribution is -0.385. The zero-order valence-corrected chi connectivity index (χ0v) is 12.3. The molecule has 0 fully saturated rings. The van der Waals surface area contributed by atoms with Gasteiger partial charge < -0.3 is 0 Å². The van der Waals surface area contributed by atoms with Crippen molar-refractivity contribution in [3.05, 3.63) is 73.3 Å². The van der Waals surface area contributed by atoms with Gasteiger partial charge >= 0.3 is 0 Å². The third-order valence-electron chi connectivity index (χ3n) is 3.73. The number of carbonyl (C=O) groups is 2. The number of imide groups is 1. The van der Waals surface area contributed by atoms with E-state index in [1.165, 1.54) is 24.3 Å². The minimum Gasteiger partial charge on any atom is -0.268 e. The van der Waals surface area contributed by atoms with Crippen LogP contribution in [0, 0.1) is 27.2 Å². The average molecular weight is 327 g/mol. The van der Waals surface area contributed by atoms with Crippen LogP contribution >= 0.6 is 0 Å². The molecule has 1 aliphatic rings. The number of anilines is 1. The Bertz CT molecular complexity index is 937. The highest BCUT2D eigenvalue weighted by molar-refractivity contribution is 6.35. The number of aryl methyl sites for hydroxylation is 1. The summed E-state index contributed by atoms with van der Waals surface area (Å²) in [6, 6.07) is 7.52. The Morgan fingerprint density at radius 2 is 1.67 bits per heavy atom. The standard InChI is InChI=1S/C15H9N3O6/c1-8-5-6-9(17(21)22)7-12(8)16-14(19)10-3-2-4-11(18(23)24)13(10)15(16)20/h2-7H,1H3. The van der Waals surface area contributed by atoms with Crippen molar-refractivity contribution in [2.45, 2.75) is 6.92 Å². The van der Waals surface area contributed by atoms with Crippen molar-refractivity contribution in [1.29, 1.82) is 0 Å². The second-order valence-corrected chi connectivity index (χ2v) is 5.13. The fourth-order valence-electron chi connectivity index (χ4n) is 2.59. The Morgan fingerprint density at radius 3 is 2.29 bits per heavy atom. The lowest BCUT2D eigenvalue weighted by Gasteiger charge is -2.16. The molecule has 0 N–H and O–H groups in total. The summed E-state index contributed by atoms with van der Waals surface area (Å²) in [6.07, 6.45) is 0. The van der Waals surface area contributed by atoms with Gasteiger partial charge in [0.1, 0.15) is 5.56 Å². The molecule has 0 aliphatic carbocycles. The van der Waals surface area contributed by atoms with E-state index >= 15 is 0 Å². The van der Waals surface area contributed by atoms with Gasteiger partial charge in [-0.05, 0) is 18.6 Å². The Morgan fingerprint density at radius 1 is 0.958 bits per heavy atom. The normalized spacial score (nSPS) is 13.1. The molecule has 0 atom stereocenters. The fraction of sp³-hybridized carbons (Fsp3) is 0.0667. The number of nitro groups is 2. The lowest BCUT2D eigenvalue weighted by atomic mass is 10.1. The predicted octanol–water partition coefficient (Wildman–Crippen LogP) is 2.61. The van der Waals surface area contributed by atoms with Crippen LogP contribution in [0.25, 0.3) is 0 Å². The van der Waals surface area contributed by atoms with Crippen molar-refractivity contribution in [3.63, 3.8) is 0 Å². The quantitative estimate of drug-likeness (QED) is 0.485. The summed E-state index contributed by atoms with van der Waals surface area (Å²) >= 11 is 0. The maximum absolute atomic E-state index is 12.6. The third kappa shape index (κ3) is 2.10. The van der Waals surface area contributed by atoms with Crippen molar-refractivity contribution >= 4 is 28.9 Å². The maximum Gasteiger partial charge on any atom is 0.283 e. The number of amides is 2. The van der Waals surface area contributed by atoms with Crippen molar-refractivity contribution in [2.24, 2.45) is 0 Å². The minimum absolute atomic E-state index is 0.0321. The molecule has 0 radical (unpaired) electrons. The van der Waals surface area contributed by atoms with Crippen LogP contribution < -0.4 is 4.90 Å². The number of hydrogen-bond acceptors (Lipinski definition) is 6. The minimum atomic E-state index is -0.870. The highest BCUT2D eigenvalue weighted by atomic mass is 16.6. The fourth-order valence-corrected chi connectivity index (χ4v) is 2.59. The van der Waals surface area contributed by atoms with Gasteiger partial charge in [0.05, 0.1) is 21.1 Å². The summed E-state index contributed by atoms with van der Waals surface area (Å²) < 4.78 is 0. The molecular formula is C15H9N3O6. The molecule has 0 unspecified atom stereocenters. The maximum atomic E-state index is 12.6. The van der Waals surface area contributed by atoms with Gasteiger partial charge in [0, 0.05) is 18.2 Å². The summed E-state index contributed by atoms with van der Waals surface area (Å²) in [4.78, 5) is 46.5. The van der Waals surface area contributed by atoms with Crippen molar-refractivity contribution < 1.29 is 19.4 Å². The third-order valence-corrected chi connectivity index (χ3v) is 3.73. The average Bonchev–Trinajstić information content (AvgIpc) is 2.79. The van der Waals surface area contributed by atoms with Crippen LogP contribution in [-0.2, 0) is 0 Å². The number of hydrogen-bond donors (Lipinski definition) is 0. The smallest absolute Gasteiger partial charge is 0.268 e. The second kappa shape index (κ2) is 5.23. The van der Waals surface area contributed by atoms with E-state index in [1.54, 1.807) is 6.92 Å². The molecule has 9 nitrogen and oxygen atoms in total. The summed E-state index contributed by atoms with van der Waals surface area (Å²) in [6.45, 7) is 1.58. The molecule has 2 aromatic rings. The van der Waals surface area contributed by atoms with Crippen LogP contribution in [0.5, 0.6) is 0 Å².